The summed E-state index contributed by atoms with van der Waals surface area (Å²) in [6, 6.07) is 11.4. The Bertz CT molecular complexity index is 638. The van der Waals surface area contributed by atoms with Gasteiger partial charge in [-0.1, -0.05) is 0 Å². The lowest BCUT2D eigenvalue weighted by atomic mass is 10.1. The first-order valence-corrected chi connectivity index (χ1v) is 7.19. The van der Waals surface area contributed by atoms with E-state index in [4.69, 9.17) is 5.26 Å². The maximum atomic E-state index is 8.80. The summed E-state index contributed by atoms with van der Waals surface area (Å²) in [6.07, 6.45) is 5.35. The minimum Gasteiger partial charge on any atom is -0.356 e. The monoisotopic (exact) mass is 279 g/mol. The zero-order valence-electron chi connectivity index (χ0n) is 11.8. The van der Waals surface area contributed by atoms with E-state index in [0.717, 1.165) is 30.4 Å². The molecule has 0 aliphatic carbocycles. The van der Waals surface area contributed by atoms with Gasteiger partial charge in [0.2, 0.25) is 0 Å². The minimum absolute atomic E-state index is 0.650. The lowest BCUT2D eigenvalue weighted by molar-refractivity contribution is 0.573. The number of hydrogen-bond donors (Lipinski definition) is 1. The van der Waals surface area contributed by atoms with Gasteiger partial charge in [0, 0.05) is 24.8 Å². The topological polar surface area (TPSA) is 64.8 Å². The Morgan fingerprint density at radius 1 is 1.05 bits per heavy atom. The van der Waals surface area contributed by atoms with E-state index in [1.165, 1.54) is 19.3 Å². The molecule has 0 bridgehead atoms. The van der Waals surface area contributed by atoms with Crippen molar-refractivity contribution >= 4 is 17.3 Å². The third kappa shape index (κ3) is 3.29. The van der Waals surface area contributed by atoms with Crippen LogP contribution in [0.1, 0.15) is 24.8 Å². The van der Waals surface area contributed by atoms with Crippen LogP contribution in [0, 0.1) is 11.3 Å². The third-order valence-corrected chi connectivity index (χ3v) is 3.62. The fourth-order valence-electron chi connectivity index (χ4n) is 2.49. The molecule has 1 aliphatic heterocycles. The highest BCUT2D eigenvalue weighted by Crippen LogP contribution is 2.21. The summed E-state index contributed by atoms with van der Waals surface area (Å²) in [5, 5.41) is 12.0. The zero-order chi connectivity index (χ0) is 14.5. The van der Waals surface area contributed by atoms with Crippen molar-refractivity contribution in [1.82, 2.24) is 9.97 Å². The number of aromatic nitrogens is 2. The SMILES string of the molecule is N#Cc1ccc(Nc2cc(N3CCCCC3)ncn2)cc1. The number of nitrogens with one attached hydrogen (secondary N) is 1. The molecular weight excluding hydrogens is 262 g/mol. The fraction of sp³-hybridized carbons (Fsp3) is 0.312. The van der Waals surface area contributed by atoms with Gasteiger partial charge in [-0.05, 0) is 43.5 Å². The van der Waals surface area contributed by atoms with Crippen molar-refractivity contribution in [2.45, 2.75) is 19.3 Å². The molecule has 0 atom stereocenters. The Morgan fingerprint density at radius 2 is 1.81 bits per heavy atom. The van der Waals surface area contributed by atoms with Crippen molar-refractivity contribution in [3.63, 3.8) is 0 Å². The standard InChI is InChI=1S/C16H17N5/c17-11-13-4-6-14(7-5-13)20-15-10-16(19-12-18-15)21-8-2-1-3-9-21/h4-7,10,12H,1-3,8-9H2,(H,18,19,20). The number of piperidine rings is 1. The molecule has 0 saturated carbocycles. The van der Waals surface area contributed by atoms with Crippen molar-refractivity contribution in [1.29, 1.82) is 5.26 Å². The van der Waals surface area contributed by atoms with Gasteiger partial charge in [-0.15, -0.1) is 0 Å². The molecule has 1 fully saturated rings. The van der Waals surface area contributed by atoms with Crippen LogP contribution in [0.2, 0.25) is 0 Å². The normalized spacial score (nSPS) is 14.5. The van der Waals surface area contributed by atoms with Crippen molar-refractivity contribution in [2.24, 2.45) is 0 Å². The molecule has 5 heteroatoms. The molecule has 21 heavy (non-hydrogen) atoms. The van der Waals surface area contributed by atoms with Crippen LogP contribution in [0.15, 0.2) is 36.7 Å². The van der Waals surface area contributed by atoms with E-state index < -0.39 is 0 Å². The van der Waals surface area contributed by atoms with Gasteiger partial charge in [0.25, 0.3) is 0 Å². The zero-order valence-corrected chi connectivity index (χ0v) is 11.8. The number of hydrogen-bond acceptors (Lipinski definition) is 5. The van der Waals surface area contributed by atoms with Crippen LogP contribution in [0.5, 0.6) is 0 Å². The molecule has 3 rings (SSSR count). The van der Waals surface area contributed by atoms with Gasteiger partial charge < -0.3 is 10.2 Å². The van der Waals surface area contributed by atoms with Crippen LogP contribution in [-0.2, 0) is 0 Å². The van der Waals surface area contributed by atoms with Crippen LogP contribution in [0.3, 0.4) is 0 Å². The molecule has 1 N–H and O–H groups in total. The predicted octanol–water partition coefficient (Wildman–Crippen LogP) is 3.08. The Labute approximate surface area is 124 Å². The first kappa shape index (κ1) is 13.4. The fourth-order valence-corrected chi connectivity index (χ4v) is 2.49. The van der Waals surface area contributed by atoms with E-state index in [0.29, 0.717) is 5.56 Å². The first-order chi connectivity index (χ1) is 10.3. The molecule has 5 nitrogen and oxygen atoms in total. The number of nitriles is 1. The van der Waals surface area contributed by atoms with E-state index in [9.17, 15) is 0 Å². The van der Waals surface area contributed by atoms with Crippen molar-refractivity contribution in [3.8, 4) is 6.07 Å². The van der Waals surface area contributed by atoms with Crippen molar-refractivity contribution in [2.75, 3.05) is 23.3 Å². The molecule has 1 aromatic carbocycles. The van der Waals surface area contributed by atoms with Gasteiger partial charge >= 0.3 is 0 Å². The highest BCUT2D eigenvalue weighted by atomic mass is 15.2. The molecule has 1 saturated heterocycles. The van der Waals surface area contributed by atoms with E-state index in [1.807, 2.05) is 18.2 Å². The van der Waals surface area contributed by atoms with Crippen LogP contribution < -0.4 is 10.2 Å². The van der Waals surface area contributed by atoms with Gasteiger partial charge in [0.1, 0.15) is 18.0 Å². The van der Waals surface area contributed by atoms with Gasteiger partial charge in [-0.2, -0.15) is 5.26 Å². The van der Waals surface area contributed by atoms with Gasteiger partial charge in [-0.25, -0.2) is 9.97 Å². The first-order valence-electron chi connectivity index (χ1n) is 7.19. The average molecular weight is 279 g/mol. The summed E-state index contributed by atoms with van der Waals surface area (Å²) >= 11 is 0. The maximum absolute atomic E-state index is 8.80. The summed E-state index contributed by atoms with van der Waals surface area (Å²) in [5.74, 6) is 1.75. The molecule has 0 unspecified atom stereocenters. The summed E-state index contributed by atoms with van der Waals surface area (Å²) in [6.45, 7) is 2.13. The van der Waals surface area contributed by atoms with Crippen molar-refractivity contribution < 1.29 is 0 Å². The van der Waals surface area contributed by atoms with E-state index in [1.54, 1.807) is 18.5 Å². The van der Waals surface area contributed by atoms with Gasteiger partial charge in [0.15, 0.2) is 0 Å². The highest BCUT2D eigenvalue weighted by Gasteiger charge is 2.12. The van der Waals surface area contributed by atoms with Gasteiger partial charge in [0.05, 0.1) is 11.6 Å². The second-order valence-corrected chi connectivity index (χ2v) is 5.12. The predicted molar refractivity (Wildman–Crippen MR) is 82.5 cm³/mol. The smallest absolute Gasteiger partial charge is 0.135 e. The largest absolute Gasteiger partial charge is 0.356 e. The Balaban J connectivity index is 1.74. The lowest BCUT2D eigenvalue weighted by Gasteiger charge is -2.27. The molecule has 0 radical (unpaired) electrons. The summed E-state index contributed by atoms with van der Waals surface area (Å²) in [4.78, 5) is 10.9. The van der Waals surface area contributed by atoms with Crippen LogP contribution in [0.25, 0.3) is 0 Å². The van der Waals surface area contributed by atoms with Crippen LogP contribution >= 0.6 is 0 Å². The van der Waals surface area contributed by atoms with E-state index in [-0.39, 0.29) is 0 Å². The molecular formula is C16H17N5. The van der Waals surface area contributed by atoms with Crippen LogP contribution in [-0.4, -0.2) is 23.1 Å². The number of nitrogens with zero attached hydrogens (tertiary/aromatic N) is 4. The Hall–Kier alpha value is -2.61. The Morgan fingerprint density at radius 3 is 2.52 bits per heavy atom. The molecule has 1 aliphatic rings. The number of anilines is 3. The highest BCUT2D eigenvalue weighted by molar-refractivity contribution is 5.60. The second-order valence-electron chi connectivity index (χ2n) is 5.12. The van der Waals surface area contributed by atoms with E-state index >= 15 is 0 Å². The Kier molecular flexibility index (Phi) is 3.97. The summed E-state index contributed by atoms with van der Waals surface area (Å²) < 4.78 is 0. The average Bonchev–Trinajstić information content (AvgIpc) is 2.57. The molecule has 106 valence electrons. The quantitative estimate of drug-likeness (QED) is 0.935. The van der Waals surface area contributed by atoms with E-state index in [2.05, 4.69) is 26.3 Å². The van der Waals surface area contributed by atoms with Gasteiger partial charge in [-0.3, -0.25) is 0 Å². The van der Waals surface area contributed by atoms with Crippen LogP contribution in [0.4, 0.5) is 17.3 Å². The number of rotatable bonds is 3. The number of benzene rings is 1. The molecule has 2 heterocycles. The summed E-state index contributed by atoms with van der Waals surface area (Å²) in [7, 11) is 0. The molecule has 1 aromatic heterocycles. The second kappa shape index (κ2) is 6.23. The maximum Gasteiger partial charge on any atom is 0.135 e. The molecule has 0 spiro atoms. The molecule has 0 amide bonds. The lowest BCUT2D eigenvalue weighted by Crippen LogP contribution is -2.30. The third-order valence-electron chi connectivity index (χ3n) is 3.62. The minimum atomic E-state index is 0.650. The molecule has 2 aromatic rings. The van der Waals surface area contributed by atoms with Crippen molar-refractivity contribution in [3.05, 3.63) is 42.2 Å². The summed E-state index contributed by atoms with van der Waals surface area (Å²) in [5.41, 5.74) is 1.56.